The van der Waals surface area contributed by atoms with E-state index in [1.54, 1.807) is 25.1 Å². The minimum atomic E-state index is -0.467. The van der Waals surface area contributed by atoms with Gasteiger partial charge in [-0.25, -0.2) is 9.37 Å². The second kappa shape index (κ2) is 9.45. The SMILES string of the molecule is CCOC(=O)C[C@H](c1ccc(F)cc1)C1CCN(c2ccc([N+](=O)[O-])cn2)CC1. The molecule has 29 heavy (non-hydrogen) atoms. The van der Waals surface area contributed by atoms with Crippen LogP contribution < -0.4 is 4.90 Å². The van der Waals surface area contributed by atoms with Gasteiger partial charge in [0.15, 0.2) is 0 Å². The molecule has 0 saturated carbocycles. The quantitative estimate of drug-likeness (QED) is 0.395. The molecule has 2 heterocycles. The van der Waals surface area contributed by atoms with Gasteiger partial charge in [-0.05, 0) is 55.4 Å². The molecule has 0 N–H and O–H groups in total. The van der Waals surface area contributed by atoms with Crippen molar-refractivity contribution in [1.82, 2.24) is 4.98 Å². The Morgan fingerprint density at radius 1 is 1.28 bits per heavy atom. The minimum absolute atomic E-state index is 0.0329. The summed E-state index contributed by atoms with van der Waals surface area (Å²) in [6.45, 7) is 3.58. The first-order chi connectivity index (χ1) is 14.0. The number of carbonyl (C=O) groups excluding carboxylic acids is 1. The molecule has 8 heteroatoms. The monoisotopic (exact) mass is 401 g/mol. The van der Waals surface area contributed by atoms with Crippen LogP contribution in [0.2, 0.25) is 0 Å². The normalized spacial score (nSPS) is 15.7. The van der Waals surface area contributed by atoms with Gasteiger partial charge in [-0.1, -0.05) is 12.1 Å². The van der Waals surface area contributed by atoms with Gasteiger partial charge in [-0.15, -0.1) is 0 Å². The van der Waals surface area contributed by atoms with Crippen LogP contribution in [0.25, 0.3) is 0 Å². The first kappa shape index (κ1) is 20.7. The lowest BCUT2D eigenvalue weighted by atomic mass is 9.78. The number of hydrogen-bond acceptors (Lipinski definition) is 6. The van der Waals surface area contributed by atoms with E-state index in [1.807, 2.05) is 0 Å². The molecular formula is C21H24FN3O4. The lowest BCUT2D eigenvalue weighted by Gasteiger charge is -2.36. The Hall–Kier alpha value is -3.03. The van der Waals surface area contributed by atoms with Gasteiger partial charge >= 0.3 is 5.97 Å². The number of aromatic nitrogens is 1. The summed E-state index contributed by atoms with van der Waals surface area (Å²) in [6.07, 6.45) is 3.20. The molecular weight excluding hydrogens is 377 g/mol. The largest absolute Gasteiger partial charge is 0.466 e. The number of halogens is 1. The van der Waals surface area contributed by atoms with Gasteiger partial charge in [0.05, 0.1) is 18.0 Å². The summed E-state index contributed by atoms with van der Waals surface area (Å²) in [5.74, 6) is 0.363. The van der Waals surface area contributed by atoms with E-state index in [2.05, 4.69) is 9.88 Å². The number of nitrogens with zero attached hydrogens (tertiary/aromatic N) is 3. The number of nitro groups is 1. The maximum Gasteiger partial charge on any atom is 0.306 e. The van der Waals surface area contributed by atoms with E-state index >= 15 is 0 Å². The van der Waals surface area contributed by atoms with E-state index in [0.29, 0.717) is 12.4 Å². The summed E-state index contributed by atoms with van der Waals surface area (Å²) in [5, 5.41) is 10.8. The van der Waals surface area contributed by atoms with Crippen molar-refractivity contribution < 1.29 is 18.8 Å². The maximum absolute atomic E-state index is 13.3. The van der Waals surface area contributed by atoms with Gasteiger partial charge in [0.2, 0.25) is 0 Å². The van der Waals surface area contributed by atoms with Gasteiger partial charge in [0.1, 0.15) is 17.8 Å². The number of hydrogen-bond donors (Lipinski definition) is 0. The lowest BCUT2D eigenvalue weighted by molar-refractivity contribution is -0.385. The van der Waals surface area contributed by atoms with Gasteiger partial charge in [-0.2, -0.15) is 0 Å². The Balaban J connectivity index is 1.69. The van der Waals surface area contributed by atoms with Gasteiger partial charge in [-0.3, -0.25) is 14.9 Å². The van der Waals surface area contributed by atoms with Crippen LogP contribution in [0.5, 0.6) is 0 Å². The van der Waals surface area contributed by atoms with Crippen molar-refractivity contribution in [2.75, 3.05) is 24.6 Å². The molecule has 0 radical (unpaired) electrons. The third-order valence-electron chi connectivity index (χ3n) is 5.37. The topological polar surface area (TPSA) is 85.6 Å². The molecule has 1 aliphatic rings. The highest BCUT2D eigenvalue weighted by atomic mass is 19.1. The number of anilines is 1. The van der Waals surface area contributed by atoms with E-state index in [9.17, 15) is 19.3 Å². The van der Waals surface area contributed by atoms with E-state index < -0.39 is 4.92 Å². The number of esters is 1. The summed E-state index contributed by atoms with van der Waals surface area (Å²) in [6, 6.07) is 9.44. The summed E-state index contributed by atoms with van der Waals surface area (Å²) >= 11 is 0. The molecule has 0 spiro atoms. The molecule has 154 valence electrons. The fraction of sp³-hybridized carbons (Fsp3) is 0.429. The summed E-state index contributed by atoms with van der Waals surface area (Å²) in [5.41, 5.74) is 0.904. The van der Waals surface area contributed by atoms with Crippen molar-refractivity contribution in [3.8, 4) is 0 Å². The van der Waals surface area contributed by atoms with Crippen molar-refractivity contribution in [2.45, 2.75) is 32.1 Å². The highest BCUT2D eigenvalue weighted by Crippen LogP contribution is 2.36. The molecule has 1 atom stereocenters. The van der Waals surface area contributed by atoms with Crippen LogP contribution in [0.3, 0.4) is 0 Å². The van der Waals surface area contributed by atoms with Crippen molar-refractivity contribution in [3.05, 3.63) is 64.1 Å². The molecule has 0 aliphatic carbocycles. The molecule has 0 unspecified atom stereocenters. The third-order valence-corrected chi connectivity index (χ3v) is 5.37. The van der Waals surface area contributed by atoms with Crippen LogP contribution in [0, 0.1) is 21.8 Å². The molecule has 1 aliphatic heterocycles. The fourth-order valence-electron chi connectivity index (χ4n) is 3.87. The van der Waals surface area contributed by atoms with Crippen LogP contribution in [0.1, 0.15) is 37.7 Å². The number of ether oxygens (including phenoxy) is 1. The van der Waals surface area contributed by atoms with Gasteiger partial charge in [0.25, 0.3) is 5.69 Å². The number of pyridine rings is 1. The van der Waals surface area contributed by atoms with E-state index in [1.165, 1.54) is 24.4 Å². The molecule has 1 fully saturated rings. The van der Waals surface area contributed by atoms with Crippen molar-refractivity contribution in [3.63, 3.8) is 0 Å². The zero-order valence-electron chi connectivity index (χ0n) is 16.3. The Morgan fingerprint density at radius 2 is 1.97 bits per heavy atom. The van der Waals surface area contributed by atoms with E-state index in [-0.39, 0.29) is 35.7 Å². The summed E-state index contributed by atoms with van der Waals surface area (Å²) in [7, 11) is 0. The summed E-state index contributed by atoms with van der Waals surface area (Å²) in [4.78, 5) is 28.8. The zero-order chi connectivity index (χ0) is 20.8. The van der Waals surface area contributed by atoms with Crippen LogP contribution in [0.4, 0.5) is 15.9 Å². The molecule has 1 aromatic heterocycles. The second-order valence-corrected chi connectivity index (χ2v) is 7.12. The van der Waals surface area contributed by atoms with Crippen molar-refractivity contribution >= 4 is 17.5 Å². The number of piperidine rings is 1. The highest BCUT2D eigenvalue weighted by molar-refractivity contribution is 5.70. The van der Waals surface area contributed by atoms with Crippen LogP contribution in [-0.4, -0.2) is 35.6 Å². The molecule has 0 amide bonds. The van der Waals surface area contributed by atoms with Gasteiger partial charge < -0.3 is 9.64 Å². The Kier molecular flexibility index (Phi) is 6.74. The van der Waals surface area contributed by atoms with Crippen LogP contribution in [0.15, 0.2) is 42.6 Å². The van der Waals surface area contributed by atoms with E-state index in [0.717, 1.165) is 31.5 Å². The molecule has 0 bridgehead atoms. The maximum atomic E-state index is 13.3. The number of carbonyl (C=O) groups is 1. The predicted octanol–water partition coefficient (Wildman–Crippen LogP) is 4.08. The standard InChI is InChI=1S/C21H24FN3O4/c1-2-29-21(26)13-19(15-3-5-17(22)6-4-15)16-9-11-24(12-10-16)20-8-7-18(14-23-20)25(27)28/h3-8,14,16,19H,2,9-13H2,1H3/t19-/m1/s1. The van der Waals surface area contributed by atoms with Crippen molar-refractivity contribution in [1.29, 1.82) is 0 Å². The zero-order valence-corrected chi connectivity index (χ0v) is 16.3. The summed E-state index contributed by atoms with van der Waals surface area (Å²) < 4.78 is 18.5. The van der Waals surface area contributed by atoms with Crippen LogP contribution >= 0.6 is 0 Å². The number of rotatable bonds is 7. The molecule has 3 rings (SSSR count). The highest BCUT2D eigenvalue weighted by Gasteiger charge is 2.30. The number of benzene rings is 1. The average molecular weight is 401 g/mol. The first-order valence-electron chi connectivity index (χ1n) is 9.74. The van der Waals surface area contributed by atoms with Crippen molar-refractivity contribution in [2.24, 2.45) is 5.92 Å². The Bertz CT molecular complexity index is 834. The van der Waals surface area contributed by atoms with E-state index in [4.69, 9.17) is 4.74 Å². The first-order valence-corrected chi connectivity index (χ1v) is 9.74. The van der Waals surface area contributed by atoms with Gasteiger partial charge in [0, 0.05) is 19.2 Å². The average Bonchev–Trinajstić information content (AvgIpc) is 2.73. The molecule has 2 aromatic rings. The predicted molar refractivity (Wildman–Crippen MR) is 106 cm³/mol. The Labute approximate surface area is 168 Å². The second-order valence-electron chi connectivity index (χ2n) is 7.12. The third kappa shape index (κ3) is 5.28. The lowest BCUT2D eigenvalue weighted by Crippen LogP contribution is -2.36. The fourth-order valence-corrected chi connectivity index (χ4v) is 3.87. The van der Waals surface area contributed by atoms with Crippen LogP contribution in [-0.2, 0) is 9.53 Å². The molecule has 7 nitrogen and oxygen atoms in total. The smallest absolute Gasteiger partial charge is 0.306 e. The minimum Gasteiger partial charge on any atom is -0.466 e. The Morgan fingerprint density at radius 3 is 2.52 bits per heavy atom. The molecule has 1 aromatic carbocycles. The molecule has 1 saturated heterocycles.